The summed E-state index contributed by atoms with van der Waals surface area (Å²) in [5, 5.41) is 6.89. The van der Waals surface area contributed by atoms with Crippen LogP contribution in [0, 0.1) is 6.92 Å². The van der Waals surface area contributed by atoms with E-state index in [-0.39, 0.29) is 5.91 Å². The van der Waals surface area contributed by atoms with E-state index in [9.17, 15) is 4.79 Å². The second-order valence-corrected chi connectivity index (χ2v) is 8.12. The summed E-state index contributed by atoms with van der Waals surface area (Å²) in [5.74, 6) is 1.16. The van der Waals surface area contributed by atoms with Crippen LogP contribution in [-0.4, -0.2) is 25.2 Å². The molecule has 1 aliphatic heterocycles. The Balaban J connectivity index is 1.50. The molecule has 4 aromatic rings. The van der Waals surface area contributed by atoms with Crippen molar-refractivity contribution in [3.63, 3.8) is 0 Å². The number of benzene rings is 1. The van der Waals surface area contributed by atoms with Crippen molar-refractivity contribution in [2.24, 2.45) is 0 Å². The van der Waals surface area contributed by atoms with Crippen LogP contribution in [0.3, 0.4) is 0 Å². The molecule has 0 radical (unpaired) electrons. The van der Waals surface area contributed by atoms with Gasteiger partial charge in [0.05, 0.1) is 30.9 Å². The van der Waals surface area contributed by atoms with E-state index < -0.39 is 0 Å². The van der Waals surface area contributed by atoms with Crippen molar-refractivity contribution >= 4 is 17.2 Å². The number of hydrogen-bond donors (Lipinski definition) is 0. The van der Waals surface area contributed by atoms with Crippen LogP contribution in [0.1, 0.15) is 21.7 Å². The number of thiophene rings is 1. The van der Waals surface area contributed by atoms with Gasteiger partial charge in [-0.15, -0.1) is 11.3 Å². The van der Waals surface area contributed by atoms with Gasteiger partial charge in [0, 0.05) is 22.8 Å². The number of carbonyl (C=O) groups excluding carboxylic acids is 1. The predicted octanol–water partition coefficient (Wildman–Crippen LogP) is 4.12. The zero-order valence-corrected chi connectivity index (χ0v) is 16.4. The molecule has 5 rings (SSSR count). The topological polar surface area (TPSA) is 43.1 Å². The lowest BCUT2D eigenvalue weighted by Gasteiger charge is -2.17. The molecule has 4 heterocycles. The van der Waals surface area contributed by atoms with Gasteiger partial charge in [0.1, 0.15) is 5.82 Å². The maximum atomic E-state index is 12.8. The highest BCUT2D eigenvalue weighted by molar-refractivity contribution is 7.10. The molecule has 1 aromatic carbocycles. The fourth-order valence-electron chi connectivity index (χ4n) is 3.66. The van der Waals surface area contributed by atoms with Gasteiger partial charge in [0.15, 0.2) is 0 Å². The van der Waals surface area contributed by atoms with Gasteiger partial charge in [0.25, 0.3) is 0 Å². The molecule has 0 unspecified atom stereocenters. The minimum atomic E-state index is 0.154. The third kappa shape index (κ3) is 2.96. The van der Waals surface area contributed by atoms with E-state index in [1.165, 1.54) is 5.56 Å². The predicted molar refractivity (Wildman–Crippen MR) is 110 cm³/mol. The van der Waals surface area contributed by atoms with Gasteiger partial charge in [-0.05, 0) is 42.6 Å². The highest BCUT2D eigenvalue weighted by Gasteiger charge is 2.31. The number of amides is 1. The Hall–Kier alpha value is -3.12. The summed E-state index contributed by atoms with van der Waals surface area (Å²) in [6.45, 7) is 3.24. The lowest BCUT2D eigenvalue weighted by Crippen LogP contribution is -2.27. The van der Waals surface area contributed by atoms with Crippen molar-refractivity contribution in [2.75, 3.05) is 0 Å². The van der Waals surface area contributed by atoms with Gasteiger partial charge in [-0.3, -0.25) is 4.79 Å². The van der Waals surface area contributed by atoms with E-state index in [4.69, 9.17) is 5.10 Å². The van der Waals surface area contributed by atoms with E-state index in [1.54, 1.807) is 11.3 Å². The Labute approximate surface area is 167 Å². The van der Waals surface area contributed by atoms with E-state index >= 15 is 0 Å². The molecule has 28 heavy (non-hydrogen) atoms. The zero-order chi connectivity index (χ0) is 19.1. The average Bonchev–Trinajstić information content (AvgIpc) is 3.46. The largest absolute Gasteiger partial charge is 0.332 e. The molecule has 0 saturated heterocycles. The highest BCUT2D eigenvalue weighted by Crippen LogP contribution is 2.31. The number of nitrogens with zero attached hydrogens (tertiary/aromatic N) is 4. The Kier molecular flexibility index (Phi) is 4.13. The number of carbonyl (C=O) groups is 1. The van der Waals surface area contributed by atoms with Gasteiger partial charge in [-0.1, -0.05) is 23.8 Å². The Morgan fingerprint density at radius 3 is 2.57 bits per heavy atom. The van der Waals surface area contributed by atoms with Crippen LogP contribution in [0.4, 0.5) is 0 Å². The van der Waals surface area contributed by atoms with Crippen LogP contribution in [0.15, 0.2) is 66.3 Å². The van der Waals surface area contributed by atoms with Gasteiger partial charge in [-0.2, -0.15) is 5.10 Å². The molecule has 1 amide bonds. The van der Waals surface area contributed by atoms with Gasteiger partial charge < -0.3 is 9.47 Å². The Bertz CT molecular complexity index is 1110. The Morgan fingerprint density at radius 1 is 1.07 bits per heavy atom. The van der Waals surface area contributed by atoms with E-state index in [1.807, 2.05) is 51.6 Å². The van der Waals surface area contributed by atoms with Crippen molar-refractivity contribution in [2.45, 2.75) is 26.4 Å². The van der Waals surface area contributed by atoms with E-state index in [0.717, 1.165) is 27.6 Å². The van der Waals surface area contributed by atoms with Gasteiger partial charge in [0.2, 0.25) is 5.91 Å². The molecule has 0 fully saturated rings. The van der Waals surface area contributed by atoms with Crippen molar-refractivity contribution in [1.82, 2.24) is 19.2 Å². The maximum Gasteiger partial charge on any atom is 0.228 e. The molecular formula is C22H20N4OS. The molecule has 140 valence electrons. The van der Waals surface area contributed by atoms with E-state index in [2.05, 4.69) is 35.8 Å². The molecule has 0 saturated carbocycles. The van der Waals surface area contributed by atoms with Crippen LogP contribution in [0.25, 0.3) is 11.5 Å². The molecule has 0 N–H and O–H groups in total. The van der Waals surface area contributed by atoms with Gasteiger partial charge >= 0.3 is 0 Å². The molecule has 0 spiro atoms. The monoisotopic (exact) mass is 388 g/mol. The minimum absolute atomic E-state index is 0.154. The summed E-state index contributed by atoms with van der Waals surface area (Å²) in [7, 11) is 0. The van der Waals surface area contributed by atoms with Crippen molar-refractivity contribution in [3.8, 4) is 11.5 Å². The summed E-state index contributed by atoms with van der Waals surface area (Å²) < 4.78 is 4.07. The fraction of sp³-hybridized carbons (Fsp3) is 0.182. The number of aryl methyl sites for hydroxylation is 1. The number of aromatic nitrogens is 3. The molecule has 3 aromatic heterocycles. The first-order valence-corrected chi connectivity index (χ1v) is 10.2. The lowest BCUT2D eigenvalue weighted by atomic mass is 10.2. The first-order chi connectivity index (χ1) is 13.7. The van der Waals surface area contributed by atoms with Crippen molar-refractivity contribution in [3.05, 3.63) is 88.0 Å². The first-order valence-electron chi connectivity index (χ1n) is 9.30. The summed E-state index contributed by atoms with van der Waals surface area (Å²) in [6, 6.07) is 16.4. The van der Waals surface area contributed by atoms with Crippen LogP contribution >= 0.6 is 11.3 Å². The van der Waals surface area contributed by atoms with Crippen molar-refractivity contribution < 1.29 is 4.79 Å². The number of fused-ring (bicyclic) bond motifs is 1. The molecule has 0 atom stereocenters. The molecular weight excluding hydrogens is 368 g/mol. The zero-order valence-electron chi connectivity index (χ0n) is 15.6. The van der Waals surface area contributed by atoms with Crippen LogP contribution < -0.4 is 0 Å². The smallest absolute Gasteiger partial charge is 0.228 e. The lowest BCUT2D eigenvalue weighted by molar-refractivity contribution is -0.131. The minimum Gasteiger partial charge on any atom is -0.332 e. The normalized spacial score (nSPS) is 13.1. The number of rotatable bonds is 4. The average molecular weight is 388 g/mol. The van der Waals surface area contributed by atoms with Crippen molar-refractivity contribution in [1.29, 1.82) is 0 Å². The van der Waals surface area contributed by atoms with Gasteiger partial charge in [-0.25, -0.2) is 4.68 Å². The molecule has 0 bridgehead atoms. The third-order valence-electron chi connectivity index (χ3n) is 5.12. The second-order valence-electron chi connectivity index (χ2n) is 7.09. The van der Waals surface area contributed by atoms with Crippen LogP contribution in [-0.2, 0) is 24.3 Å². The second kappa shape index (κ2) is 6.80. The molecule has 5 nitrogen and oxygen atoms in total. The fourth-order valence-corrected chi connectivity index (χ4v) is 4.36. The van der Waals surface area contributed by atoms with Crippen LogP contribution in [0.2, 0.25) is 0 Å². The summed E-state index contributed by atoms with van der Waals surface area (Å²) in [6.07, 6.45) is 4.51. The summed E-state index contributed by atoms with van der Waals surface area (Å²) >= 11 is 1.63. The molecule has 1 aliphatic rings. The third-order valence-corrected chi connectivity index (χ3v) is 5.99. The highest BCUT2D eigenvalue weighted by atomic mass is 32.1. The first kappa shape index (κ1) is 17.0. The summed E-state index contributed by atoms with van der Waals surface area (Å²) in [5.41, 5.74) is 4.34. The SMILES string of the molecule is Cc1ccc(-n2nc3c(c2-n2cccc2)CN(C(=O)Cc2cccs2)C3)cc1. The Morgan fingerprint density at radius 2 is 1.86 bits per heavy atom. The maximum absolute atomic E-state index is 12.8. The number of hydrogen-bond acceptors (Lipinski definition) is 3. The van der Waals surface area contributed by atoms with Crippen LogP contribution in [0.5, 0.6) is 0 Å². The van der Waals surface area contributed by atoms with E-state index in [0.29, 0.717) is 19.5 Å². The molecule has 6 heteroatoms. The summed E-state index contributed by atoms with van der Waals surface area (Å²) in [4.78, 5) is 15.8. The quantitative estimate of drug-likeness (QED) is 0.528. The standard InChI is InChI=1S/C22H20N4OS/c1-16-6-8-17(9-7-16)26-22(24-10-2-3-11-24)19-14-25(15-20(19)23-26)21(27)13-18-5-4-12-28-18/h2-12H,13-15H2,1H3. The molecule has 0 aliphatic carbocycles.